The average Bonchev–Trinajstić information content (AvgIpc) is 3.13. The van der Waals surface area contributed by atoms with E-state index in [1.54, 1.807) is 6.92 Å². The monoisotopic (exact) mass is 465 g/mol. The van der Waals surface area contributed by atoms with Gasteiger partial charge in [-0.3, -0.25) is 4.79 Å². The quantitative estimate of drug-likeness (QED) is 0.211. The zero-order chi connectivity index (χ0) is 23.9. The van der Waals surface area contributed by atoms with Gasteiger partial charge in [-0.15, -0.1) is 11.3 Å². The zero-order valence-electron chi connectivity index (χ0n) is 20.5. The standard InChI is InChI=1S/C24H39NO4SSi/c1-18(19(26)14-11-10-12-16-28-31(8,9)24(5,6)7)21(20-15-13-17-30-20)25-22(27)29-23(2,3)4/h13,15,17-18,21H,10,12,16H2,1-9H3,(H,25,27)/t18-,21+/m1/s1. The maximum Gasteiger partial charge on any atom is 0.408 e. The topological polar surface area (TPSA) is 64.6 Å². The van der Waals surface area contributed by atoms with Gasteiger partial charge in [0.05, 0.1) is 12.0 Å². The summed E-state index contributed by atoms with van der Waals surface area (Å²) >= 11 is 1.49. The summed E-state index contributed by atoms with van der Waals surface area (Å²) in [7, 11) is -1.75. The van der Waals surface area contributed by atoms with E-state index in [0.717, 1.165) is 11.3 Å². The van der Waals surface area contributed by atoms with E-state index in [9.17, 15) is 9.59 Å². The largest absolute Gasteiger partial charge is 0.444 e. The van der Waals surface area contributed by atoms with Crippen LogP contribution in [0.25, 0.3) is 0 Å². The molecule has 1 aromatic heterocycles. The van der Waals surface area contributed by atoms with E-state index in [1.807, 2.05) is 38.3 Å². The molecule has 1 N–H and O–H groups in total. The number of Topliss-reactive ketones (excluding diaryl/α,β-unsaturated/α-hetero) is 1. The zero-order valence-corrected chi connectivity index (χ0v) is 22.4. The van der Waals surface area contributed by atoms with Crippen LogP contribution in [0, 0.1) is 17.8 Å². The van der Waals surface area contributed by atoms with E-state index in [4.69, 9.17) is 9.16 Å². The summed E-state index contributed by atoms with van der Waals surface area (Å²) in [6.07, 6.45) is 0.864. The molecule has 0 aromatic carbocycles. The highest BCUT2D eigenvalue weighted by molar-refractivity contribution is 7.10. The molecular formula is C24H39NO4SSi. The van der Waals surface area contributed by atoms with Crippen molar-refractivity contribution in [2.75, 3.05) is 6.61 Å². The molecule has 2 atom stereocenters. The van der Waals surface area contributed by atoms with Crippen LogP contribution in [-0.4, -0.2) is 32.4 Å². The lowest BCUT2D eigenvalue weighted by atomic mass is 9.96. The van der Waals surface area contributed by atoms with Crippen molar-refractivity contribution in [2.24, 2.45) is 5.92 Å². The van der Waals surface area contributed by atoms with Crippen LogP contribution in [0.1, 0.15) is 72.2 Å². The predicted molar refractivity (Wildman–Crippen MR) is 131 cm³/mol. The van der Waals surface area contributed by atoms with Crippen LogP contribution in [-0.2, 0) is 14.0 Å². The smallest absolute Gasteiger partial charge is 0.408 e. The summed E-state index contributed by atoms with van der Waals surface area (Å²) in [5, 5.41) is 4.95. The number of nitrogens with one attached hydrogen (secondary N) is 1. The second-order valence-corrected chi connectivity index (χ2v) is 16.1. The van der Waals surface area contributed by atoms with Gasteiger partial charge >= 0.3 is 6.09 Å². The van der Waals surface area contributed by atoms with Gasteiger partial charge in [0.2, 0.25) is 5.78 Å². The number of ketones is 1. The molecule has 5 nitrogen and oxygen atoms in total. The Morgan fingerprint density at radius 3 is 2.35 bits per heavy atom. The Morgan fingerprint density at radius 1 is 1.19 bits per heavy atom. The normalized spacial score (nSPS) is 14.2. The lowest BCUT2D eigenvalue weighted by Crippen LogP contribution is -2.40. The van der Waals surface area contributed by atoms with Crippen molar-refractivity contribution in [3.63, 3.8) is 0 Å². The molecule has 0 aliphatic heterocycles. The molecule has 1 aromatic rings. The van der Waals surface area contributed by atoms with Gasteiger partial charge in [-0.1, -0.05) is 39.7 Å². The molecule has 1 amide bonds. The van der Waals surface area contributed by atoms with Crippen molar-refractivity contribution in [2.45, 2.75) is 91.1 Å². The third-order valence-corrected chi connectivity index (χ3v) is 10.9. The molecule has 1 rings (SSSR count). The van der Waals surface area contributed by atoms with Gasteiger partial charge in [0, 0.05) is 17.9 Å². The highest BCUT2D eigenvalue weighted by Crippen LogP contribution is 2.36. The van der Waals surface area contributed by atoms with Crippen LogP contribution in [0.5, 0.6) is 0 Å². The van der Waals surface area contributed by atoms with Crippen molar-refractivity contribution in [1.82, 2.24) is 5.32 Å². The number of hydrogen-bond acceptors (Lipinski definition) is 5. The number of hydrogen-bond donors (Lipinski definition) is 1. The van der Waals surface area contributed by atoms with E-state index < -0.39 is 32.0 Å². The summed E-state index contributed by atoms with van der Waals surface area (Å²) in [5.41, 5.74) is -0.608. The van der Waals surface area contributed by atoms with Crippen LogP contribution in [0.15, 0.2) is 17.5 Å². The van der Waals surface area contributed by atoms with Gasteiger partial charge in [0.25, 0.3) is 0 Å². The van der Waals surface area contributed by atoms with Crippen LogP contribution in [0.2, 0.25) is 18.1 Å². The third-order valence-electron chi connectivity index (χ3n) is 5.36. The molecule has 1 heterocycles. The number of ether oxygens (including phenoxy) is 1. The minimum absolute atomic E-state index is 0.183. The van der Waals surface area contributed by atoms with E-state index in [-0.39, 0.29) is 10.8 Å². The highest BCUT2D eigenvalue weighted by Gasteiger charge is 2.36. The number of alkyl carbamates (subject to hydrolysis) is 1. The molecular weight excluding hydrogens is 426 g/mol. The molecule has 0 radical (unpaired) electrons. The van der Waals surface area contributed by atoms with E-state index in [1.165, 1.54) is 11.3 Å². The summed E-state index contributed by atoms with van der Waals surface area (Å²) in [6.45, 7) is 19.0. The Hall–Kier alpha value is -1.62. The minimum Gasteiger partial charge on any atom is -0.444 e. The van der Waals surface area contributed by atoms with Gasteiger partial charge in [-0.05, 0) is 62.7 Å². The first kappa shape index (κ1) is 27.4. The first-order chi connectivity index (χ1) is 14.1. The number of carbonyl (C=O) groups excluding carboxylic acids is 2. The van der Waals surface area contributed by atoms with Crippen molar-refractivity contribution in [1.29, 1.82) is 0 Å². The summed E-state index contributed by atoms with van der Waals surface area (Å²) in [6, 6.07) is 3.33. The summed E-state index contributed by atoms with van der Waals surface area (Å²) < 4.78 is 11.5. The lowest BCUT2D eigenvalue weighted by molar-refractivity contribution is -0.117. The molecule has 7 heteroatoms. The van der Waals surface area contributed by atoms with Gasteiger partial charge in [-0.2, -0.15) is 0 Å². The third kappa shape index (κ3) is 9.59. The number of thiophene rings is 1. The summed E-state index contributed by atoms with van der Waals surface area (Å²) in [4.78, 5) is 25.9. The van der Waals surface area contributed by atoms with E-state index in [2.05, 4.69) is 51.0 Å². The van der Waals surface area contributed by atoms with Crippen molar-refractivity contribution in [3.8, 4) is 11.8 Å². The Bertz CT molecular complexity index is 779. The lowest BCUT2D eigenvalue weighted by Gasteiger charge is -2.36. The molecule has 0 aliphatic carbocycles. The first-order valence-corrected chi connectivity index (χ1v) is 14.6. The van der Waals surface area contributed by atoms with Gasteiger partial charge < -0.3 is 14.5 Å². The van der Waals surface area contributed by atoms with Gasteiger partial charge in [0.1, 0.15) is 5.60 Å². The van der Waals surface area contributed by atoms with Crippen LogP contribution >= 0.6 is 11.3 Å². The molecule has 0 spiro atoms. The van der Waals surface area contributed by atoms with Crippen LogP contribution < -0.4 is 5.32 Å². The maximum absolute atomic E-state index is 12.7. The van der Waals surface area contributed by atoms with Crippen LogP contribution in [0.3, 0.4) is 0 Å². The van der Waals surface area contributed by atoms with Crippen LogP contribution in [0.4, 0.5) is 4.79 Å². The molecule has 174 valence electrons. The molecule has 0 bridgehead atoms. The molecule has 0 saturated heterocycles. The Morgan fingerprint density at radius 2 is 1.84 bits per heavy atom. The highest BCUT2D eigenvalue weighted by atomic mass is 32.1. The fraction of sp³-hybridized carbons (Fsp3) is 0.667. The Balaban J connectivity index is 2.67. The van der Waals surface area contributed by atoms with Gasteiger partial charge in [0.15, 0.2) is 8.32 Å². The Labute approximate surface area is 193 Å². The fourth-order valence-electron chi connectivity index (χ4n) is 2.46. The maximum atomic E-state index is 12.7. The number of carbonyl (C=O) groups is 2. The second-order valence-electron chi connectivity index (χ2n) is 10.3. The fourth-order valence-corrected chi connectivity index (χ4v) is 4.43. The number of unbranched alkanes of at least 4 members (excludes halogenated alkanes) is 1. The predicted octanol–water partition coefficient (Wildman–Crippen LogP) is 6.32. The van der Waals surface area contributed by atoms with Gasteiger partial charge in [-0.25, -0.2) is 4.79 Å². The minimum atomic E-state index is -1.75. The molecule has 0 fully saturated rings. The summed E-state index contributed by atoms with van der Waals surface area (Å²) in [5.74, 6) is 5.05. The van der Waals surface area contributed by atoms with E-state index in [0.29, 0.717) is 13.0 Å². The average molecular weight is 466 g/mol. The second kappa shape index (κ2) is 11.3. The SMILES string of the molecule is C[C@H](C(=O)C#CCCCO[Si](C)(C)C(C)(C)C)[C@H](NC(=O)OC(C)(C)C)c1cccs1. The molecule has 0 saturated carbocycles. The number of rotatable bonds is 8. The van der Waals surface area contributed by atoms with Crippen molar-refractivity contribution < 1.29 is 18.8 Å². The van der Waals surface area contributed by atoms with Crippen molar-refractivity contribution >= 4 is 31.5 Å². The van der Waals surface area contributed by atoms with E-state index >= 15 is 0 Å². The van der Waals surface area contributed by atoms with Crippen molar-refractivity contribution in [3.05, 3.63) is 22.4 Å². The molecule has 31 heavy (non-hydrogen) atoms. The molecule has 0 unspecified atom stereocenters. The number of amides is 1. The first-order valence-electron chi connectivity index (χ1n) is 10.8. The molecule has 0 aliphatic rings. The Kier molecular flexibility index (Phi) is 9.99.